The summed E-state index contributed by atoms with van der Waals surface area (Å²) >= 11 is 0. The number of nitrogens with zero attached hydrogens (tertiary/aromatic N) is 1. The van der Waals surface area contributed by atoms with Crippen LogP contribution in [0, 0.1) is 0 Å². The van der Waals surface area contributed by atoms with Crippen molar-refractivity contribution in [2.75, 3.05) is 13.1 Å². The number of pyridine rings is 1. The van der Waals surface area contributed by atoms with Gasteiger partial charge in [-0.15, -0.1) is 0 Å². The van der Waals surface area contributed by atoms with Crippen molar-refractivity contribution >= 4 is 22.7 Å². The third kappa shape index (κ3) is 3.18. The maximum atomic E-state index is 12.7. The number of aromatic nitrogens is 1. The van der Waals surface area contributed by atoms with Crippen molar-refractivity contribution in [2.24, 2.45) is 0 Å². The second-order valence-corrected chi connectivity index (χ2v) is 6.04. The van der Waals surface area contributed by atoms with Gasteiger partial charge in [0.05, 0.1) is 6.42 Å². The van der Waals surface area contributed by atoms with E-state index >= 15 is 0 Å². The molecule has 24 heavy (non-hydrogen) atoms. The number of H-pyrrole nitrogens is 1. The van der Waals surface area contributed by atoms with Gasteiger partial charge < -0.3 is 15.2 Å². The molecule has 2 amide bonds. The van der Waals surface area contributed by atoms with Crippen LogP contribution in [-0.2, 0) is 16.0 Å². The van der Waals surface area contributed by atoms with Crippen LogP contribution >= 0.6 is 0 Å². The fraction of sp³-hybridized carbons (Fsp3) is 0.389. The summed E-state index contributed by atoms with van der Waals surface area (Å²) in [5.41, 5.74) is 0.923. The van der Waals surface area contributed by atoms with Crippen LogP contribution in [0.3, 0.4) is 0 Å². The lowest BCUT2D eigenvalue weighted by molar-refractivity contribution is -0.139. The molecule has 0 radical (unpaired) electrons. The van der Waals surface area contributed by atoms with Gasteiger partial charge in [0.2, 0.25) is 11.8 Å². The number of carbonyl (C=O) groups is 2. The van der Waals surface area contributed by atoms with E-state index in [1.54, 1.807) is 11.0 Å². The molecular weight excluding hydrogens is 306 g/mol. The Morgan fingerprint density at radius 3 is 2.88 bits per heavy atom. The van der Waals surface area contributed by atoms with E-state index in [2.05, 4.69) is 10.3 Å². The number of rotatable bonds is 3. The quantitative estimate of drug-likeness (QED) is 0.888. The minimum absolute atomic E-state index is 0.00392. The van der Waals surface area contributed by atoms with Crippen LogP contribution in [0.15, 0.2) is 35.1 Å². The molecule has 0 unspecified atom stereocenters. The molecule has 1 aliphatic heterocycles. The van der Waals surface area contributed by atoms with Gasteiger partial charge >= 0.3 is 0 Å². The van der Waals surface area contributed by atoms with Gasteiger partial charge in [-0.25, -0.2) is 0 Å². The van der Waals surface area contributed by atoms with Crippen LogP contribution in [0.4, 0.5) is 0 Å². The Bertz CT molecular complexity index is 828. The van der Waals surface area contributed by atoms with Crippen LogP contribution in [0.5, 0.6) is 0 Å². The first-order chi connectivity index (χ1) is 11.6. The van der Waals surface area contributed by atoms with Crippen molar-refractivity contribution < 1.29 is 9.59 Å². The summed E-state index contributed by atoms with van der Waals surface area (Å²) < 4.78 is 0. The lowest BCUT2D eigenvalue weighted by Crippen LogP contribution is -2.47. The van der Waals surface area contributed by atoms with Gasteiger partial charge in [0, 0.05) is 24.2 Å². The summed E-state index contributed by atoms with van der Waals surface area (Å²) in [6, 6.07) is 8.76. The molecule has 2 N–H and O–H groups in total. The number of amides is 2. The zero-order chi connectivity index (χ0) is 17.1. The van der Waals surface area contributed by atoms with Crippen LogP contribution in [-0.4, -0.2) is 40.8 Å². The van der Waals surface area contributed by atoms with E-state index in [1.807, 2.05) is 31.2 Å². The third-order valence-corrected chi connectivity index (χ3v) is 4.43. The fourth-order valence-electron chi connectivity index (χ4n) is 3.17. The molecule has 0 spiro atoms. The highest BCUT2D eigenvalue weighted by Gasteiger charge is 2.30. The number of benzene rings is 1. The summed E-state index contributed by atoms with van der Waals surface area (Å²) in [7, 11) is 0. The average molecular weight is 327 g/mol. The van der Waals surface area contributed by atoms with E-state index in [0.29, 0.717) is 25.1 Å². The second kappa shape index (κ2) is 6.86. The van der Waals surface area contributed by atoms with Crippen molar-refractivity contribution in [3.05, 3.63) is 46.2 Å². The zero-order valence-electron chi connectivity index (χ0n) is 13.7. The van der Waals surface area contributed by atoms with Gasteiger partial charge in [-0.05, 0) is 30.4 Å². The molecule has 1 saturated heterocycles. The molecule has 1 atom stereocenters. The minimum Gasteiger partial charge on any atom is -0.354 e. The standard InChI is InChI=1S/C18H21N3O3/c1-2-15-18(24)19-8-5-9-21(15)16(22)11-13-10-12-6-3-4-7-14(12)20-17(13)23/h3-4,6-7,10,15H,2,5,8-9,11H2,1H3,(H,19,24)(H,20,23)/t15-/m0/s1. The molecule has 126 valence electrons. The van der Waals surface area contributed by atoms with Gasteiger partial charge in [0.15, 0.2) is 0 Å². The maximum Gasteiger partial charge on any atom is 0.252 e. The number of para-hydroxylation sites is 1. The number of aromatic amines is 1. The van der Waals surface area contributed by atoms with E-state index in [-0.39, 0.29) is 23.8 Å². The summed E-state index contributed by atoms with van der Waals surface area (Å²) in [5.74, 6) is -0.296. The third-order valence-electron chi connectivity index (χ3n) is 4.43. The van der Waals surface area contributed by atoms with Gasteiger partial charge in [0.1, 0.15) is 6.04 Å². The minimum atomic E-state index is -0.459. The normalized spacial score (nSPS) is 18.3. The van der Waals surface area contributed by atoms with Crippen LogP contribution < -0.4 is 10.9 Å². The summed E-state index contributed by atoms with van der Waals surface area (Å²) in [4.78, 5) is 41.4. The molecule has 0 aliphatic carbocycles. The Kier molecular flexibility index (Phi) is 4.64. The van der Waals surface area contributed by atoms with E-state index < -0.39 is 6.04 Å². The molecule has 1 aliphatic rings. The fourth-order valence-corrected chi connectivity index (χ4v) is 3.17. The lowest BCUT2D eigenvalue weighted by atomic mass is 10.1. The first kappa shape index (κ1) is 16.2. The molecule has 1 aromatic heterocycles. The predicted molar refractivity (Wildman–Crippen MR) is 91.7 cm³/mol. The molecule has 1 aromatic carbocycles. The maximum absolute atomic E-state index is 12.7. The van der Waals surface area contributed by atoms with Crippen molar-refractivity contribution in [1.82, 2.24) is 15.2 Å². The molecule has 2 aromatic rings. The summed E-state index contributed by atoms with van der Waals surface area (Å²) in [6.07, 6.45) is 1.29. The SMILES string of the molecule is CC[C@H]1C(=O)NCCCN1C(=O)Cc1cc2ccccc2[nH]c1=O. The van der Waals surface area contributed by atoms with Crippen molar-refractivity contribution in [3.63, 3.8) is 0 Å². The zero-order valence-corrected chi connectivity index (χ0v) is 13.7. The Labute approximate surface area is 139 Å². The van der Waals surface area contributed by atoms with Gasteiger partial charge in [0.25, 0.3) is 5.56 Å². The Balaban J connectivity index is 1.87. The van der Waals surface area contributed by atoms with Crippen molar-refractivity contribution in [2.45, 2.75) is 32.2 Å². The number of hydrogen-bond donors (Lipinski definition) is 2. The summed E-state index contributed by atoms with van der Waals surface area (Å²) in [6.45, 7) is 3.00. The highest BCUT2D eigenvalue weighted by atomic mass is 16.2. The van der Waals surface area contributed by atoms with Crippen LogP contribution in [0.25, 0.3) is 10.9 Å². The molecule has 6 nitrogen and oxygen atoms in total. The molecule has 0 bridgehead atoms. The molecule has 6 heteroatoms. The second-order valence-electron chi connectivity index (χ2n) is 6.04. The van der Waals surface area contributed by atoms with Crippen LogP contribution in [0.2, 0.25) is 0 Å². The van der Waals surface area contributed by atoms with Gasteiger partial charge in [-0.3, -0.25) is 14.4 Å². The van der Waals surface area contributed by atoms with E-state index in [9.17, 15) is 14.4 Å². The van der Waals surface area contributed by atoms with E-state index in [4.69, 9.17) is 0 Å². The Morgan fingerprint density at radius 2 is 2.08 bits per heavy atom. The lowest BCUT2D eigenvalue weighted by Gasteiger charge is -2.27. The predicted octanol–water partition coefficient (Wildman–Crippen LogP) is 1.20. The molecule has 0 saturated carbocycles. The molecule has 1 fully saturated rings. The number of carbonyl (C=O) groups excluding carboxylic acids is 2. The Hall–Kier alpha value is -2.63. The topological polar surface area (TPSA) is 82.3 Å². The van der Waals surface area contributed by atoms with E-state index in [1.165, 1.54) is 0 Å². The van der Waals surface area contributed by atoms with Crippen LogP contribution in [0.1, 0.15) is 25.3 Å². The van der Waals surface area contributed by atoms with Crippen molar-refractivity contribution in [1.29, 1.82) is 0 Å². The summed E-state index contributed by atoms with van der Waals surface area (Å²) in [5, 5.41) is 3.72. The number of hydrogen-bond acceptors (Lipinski definition) is 3. The highest BCUT2D eigenvalue weighted by molar-refractivity contribution is 5.89. The molecule has 2 heterocycles. The number of fused-ring (bicyclic) bond motifs is 1. The van der Waals surface area contributed by atoms with Gasteiger partial charge in [-0.2, -0.15) is 0 Å². The smallest absolute Gasteiger partial charge is 0.252 e. The Morgan fingerprint density at radius 1 is 1.29 bits per heavy atom. The van der Waals surface area contributed by atoms with E-state index in [0.717, 1.165) is 17.3 Å². The first-order valence-electron chi connectivity index (χ1n) is 8.28. The van der Waals surface area contributed by atoms with Crippen molar-refractivity contribution in [3.8, 4) is 0 Å². The molecular formula is C18H21N3O3. The number of nitrogens with one attached hydrogen (secondary N) is 2. The largest absolute Gasteiger partial charge is 0.354 e. The van der Waals surface area contributed by atoms with Gasteiger partial charge in [-0.1, -0.05) is 25.1 Å². The first-order valence-corrected chi connectivity index (χ1v) is 8.28. The monoisotopic (exact) mass is 327 g/mol. The molecule has 3 rings (SSSR count). The highest BCUT2D eigenvalue weighted by Crippen LogP contribution is 2.14. The average Bonchev–Trinajstić information content (AvgIpc) is 2.76.